The van der Waals surface area contributed by atoms with Gasteiger partial charge in [0.2, 0.25) is 0 Å². The summed E-state index contributed by atoms with van der Waals surface area (Å²) in [5.41, 5.74) is 7.60. The number of rotatable bonds is 3. The molecule has 4 heteroatoms. The first-order chi connectivity index (χ1) is 8.16. The first kappa shape index (κ1) is 11.5. The normalized spacial score (nSPS) is 12.4. The summed E-state index contributed by atoms with van der Waals surface area (Å²) in [6, 6.07) is 9.91. The number of hydrogen-bond acceptors (Lipinski definition) is 3. The Morgan fingerprint density at radius 2 is 2.12 bits per heavy atom. The van der Waals surface area contributed by atoms with Gasteiger partial charge in [-0.05, 0) is 6.92 Å². The van der Waals surface area contributed by atoms with Crippen molar-refractivity contribution in [2.24, 2.45) is 5.73 Å². The second kappa shape index (κ2) is 4.93. The quantitative estimate of drug-likeness (QED) is 0.624. The molecule has 2 aromatic rings. The Morgan fingerprint density at radius 3 is 2.76 bits per heavy atom. The minimum atomic E-state index is -0.00919. The predicted molar refractivity (Wildman–Crippen MR) is 69.1 cm³/mol. The summed E-state index contributed by atoms with van der Waals surface area (Å²) in [5, 5.41) is 7.88. The second-order valence-corrected chi connectivity index (χ2v) is 4.16. The summed E-state index contributed by atoms with van der Waals surface area (Å²) in [5.74, 6) is 0.467. The smallest absolute Gasteiger partial charge is 0.107 e. The number of nitrogens with one attached hydrogen (secondary N) is 1. The van der Waals surface area contributed by atoms with Crippen LogP contribution < -0.4 is 5.73 Å². The van der Waals surface area contributed by atoms with Crippen molar-refractivity contribution in [1.29, 1.82) is 5.41 Å². The zero-order valence-corrected chi connectivity index (χ0v) is 9.80. The summed E-state index contributed by atoms with van der Waals surface area (Å²) in [6.07, 6.45) is 4.07. The topological polar surface area (TPSA) is 67.7 Å². The molecule has 1 aromatic heterocycles. The highest BCUT2D eigenvalue weighted by Gasteiger charge is 2.06. The molecule has 0 amide bonds. The Kier molecular flexibility index (Phi) is 3.35. The average Bonchev–Trinajstić information content (AvgIpc) is 2.78. The van der Waals surface area contributed by atoms with Gasteiger partial charge in [0.1, 0.15) is 12.2 Å². The molecule has 0 bridgehead atoms. The molecule has 0 unspecified atom stereocenters. The third kappa shape index (κ3) is 2.79. The van der Waals surface area contributed by atoms with Crippen molar-refractivity contribution < 1.29 is 0 Å². The molecule has 0 fully saturated rings. The predicted octanol–water partition coefficient (Wildman–Crippen LogP) is 2.11. The van der Waals surface area contributed by atoms with E-state index in [4.69, 9.17) is 11.1 Å². The van der Waals surface area contributed by atoms with Crippen molar-refractivity contribution in [3.8, 4) is 11.3 Å². The lowest BCUT2D eigenvalue weighted by Crippen LogP contribution is -2.22. The maximum atomic E-state index is 7.88. The van der Waals surface area contributed by atoms with Crippen LogP contribution in [-0.4, -0.2) is 21.4 Å². The van der Waals surface area contributed by atoms with Crippen molar-refractivity contribution in [3.63, 3.8) is 0 Å². The number of hydrogen-bond donors (Lipinski definition) is 2. The molecule has 0 saturated carbocycles. The number of nitrogens with zero attached hydrogens (tertiary/aromatic N) is 2. The van der Waals surface area contributed by atoms with E-state index in [2.05, 4.69) is 4.98 Å². The van der Waals surface area contributed by atoms with Gasteiger partial charge in [0, 0.05) is 24.2 Å². The van der Waals surface area contributed by atoms with Crippen LogP contribution in [0.2, 0.25) is 0 Å². The van der Waals surface area contributed by atoms with E-state index in [1.54, 1.807) is 10.9 Å². The molecule has 0 aliphatic heterocycles. The molecule has 2 rings (SSSR count). The average molecular weight is 228 g/mol. The zero-order chi connectivity index (χ0) is 12.3. The van der Waals surface area contributed by atoms with Crippen LogP contribution in [0.3, 0.4) is 0 Å². The molecule has 0 radical (unpaired) electrons. The van der Waals surface area contributed by atoms with Crippen LogP contribution >= 0.6 is 0 Å². The summed E-state index contributed by atoms with van der Waals surface area (Å²) in [4.78, 5) is 4.30. The van der Waals surface area contributed by atoms with Gasteiger partial charge in [-0.1, -0.05) is 30.3 Å². The molecule has 1 heterocycles. The molecule has 88 valence electrons. The Balaban J connectivity index is 2.19. The van der Waals surface area contributed by atoms with Gasteiger partial charge in [-0.3, -0.25) is 9.98 Å². The number of aromatic nitrogens is 2. The summed E-state index contributed by atoms with van der Waals surface area (Å²) < 4.78 is 1.71. The van der Waals surface area contributed by atoms with E-state index in [1.165, 1.54) is 0 Å². The molecule has 0 spiro atoms. The fourth-order valence-electron chi connectivity index (χ4n) is 1.64. The van der Waals surface area contributed by atoms with Gasteiger partial charge in [0.25, 0.3) is 0 Å². The minimum Gasteiger partial charge on any atom is -0.328 e. The van der Waals surface area contributed by atoms with E-state index in [9.17, 15) is 0 Å². The monoisotopic (exact) mass is 228 g/mol. The first-order valence-corrected chi connectivity index (χ1v) is 5.59. The fourth-order valence-corrected chi connectivity index (χ4v) is 1.64. The number of imidazole rings is 1. The third-order valence-electron chi connectivity index (χ3n) is 2.48. The van der Waals surface area contributed by atoms with Crippen LogP contribution in [0.5, 0.6) is 0 Å². The van der Waals surface area contributed by atoms with E-state index in [0.29, 0.717) is 12.3 Å². The number of benzene rings is 1. The molecule has 0 aliphatic rings. The van der Waals surface area contributed by atoms with Gasteiger partial charge in [0.05, 0.1) is 5.69 Å². The van der Waals surface area contributed by atoms with E-state index >= 15 is 0 Å². The van der Waals surface area contributed by atoms with Crippen molar-refractivity contribution in [2.75, 3.05) is 0 Å². The van der Waals surface area contributed by atoms with Crippen molar-refractivity contribution in [3.05, 3.63) is 42.9 Å². The largest absolute Gasteiger partial charge is 0.328 e. The molecule has 1 atom stereocenters. The van der Waals surface area contributed by atoms with Crippen molar-refractivity contribution >= 4 is 5.84 Å². The highest BCUT2D eigenvalue weighted by molar-refractivity contribution is 5.82. The highest BCUT2D eigenvalue weighted by atomic mass is 15.1. The lowest BCUT2D eigenvalue weighted by Gasteiger charge is -2.06. The molecular weight excluding hydrogens is 212 g/mol. The Hall–Kier alpha value is -1.94. The minimum absolute atomic E-state index is 0.00919. The highest BCUT2D eigenvalue weighted by Crippen LogP contribution is 2.16. The molecule has 0 saturated heterocycles. The number of nitrogens with two attached hydrogens (primary N) is 1. The molecule has 4 nitrogen and oxygen atoms in total. The molecule has 0 aliphatic carbocycles. The van der Waals surface area contributed by atoms with Gasteiger partial charge >= 0.3 is 0 Å². The Labute approximate surface area is 101 Å². The van der Waals surface area contributed by atoms with Crippen LogP contribution in [0.4, 0.5) is 0 Å². The Morgan fingerprint density at radius 1 is 1.41 bits per heavy atom. The molecule has 3 N–H and O–H groups in total. The van der Waals surface area contributed by atoms with Gasteiger partial charge < -0.3 is 5.73 Å². The maximum absolute atomic E-state index is 7.88. The summed E-state index contributed by atoms with van der Waals surface area (Å²) in [6.45, 7) is 1.89. The van der Waals surface area contributed by atoms with E-state index in [1.807, 2.05) is 43.5 Å². The zero-order valence-electron chi connectivity index (χ0n) is 9.80. The summed E-state index contributed by atoms with van der Waals surface area (Å²) >= 11 is 0. The molecule has 17 heavy (non-hydrogen) atoms. The van der Waals surface area contributed by atoms with Crippen molar-refractivity contribution in [1.82, 2.24) is 9.55 Å². The lowest BCUT2D eigenvalue weighted by atomic mass is 10.2. The van der Waals surface area contributed by atoms with Crippen LogP contribution in [0, 0.1) is 5.41 Å². The van der Waals surface area contributed by atoms with E-state index < -0.39 is 0 Å². The second-order valence-electron chi connectivity index (χ2n) is 4.16. The standard InChI is InChI=1S/C13H16N4/c1-10(14)7-13(15)17-8-12(16-9-17)11-5-3-2-4-6-11/h2-6,8-10,15H,7,14H2,1H3/t10-/m0/s1. The third-order valence-corrected chi connectivity index (χ3v) is 2.48. The first-order valence-electron chi connectivity index (χ1n) is 5.59. The van der Waals surface area contributed by atoms with Crippen LogP contribution in [-0.2, 0) is 0 Å². The Bertz CT molecular complexity index is 499. The van der Waals surface area contributed by atoms with Crippen LogP contribution in [0.1, 0.15) is 13.3 Å². The SMILES string of the molecule is C[C@H](N)CC(=N)n1cnc(-c2ccccc2)c1. The van der Waals surface area contributed by atoms with Crippen molar-refractivity contribution in [2.45, 2.75) is 19.4 Å². The van der Waals surface area contributed by atoms with Gasteiger partial charge in [-0.2, -0.15) is 0 Å². The van der Waals surface area contributed by atoms with Crippen LogP contribution in [0.25, 0.3) is 11.3 Å². The van der Waals surface area contributed by atoms with Crippen LogP contribution in [0.15, 0.2) is 42.9 Å². The van der Waals surface area contributed by atoms with Gasteiger partial charge in [-0.15, -0.1) is 0 Å². The maximum Gasteiger partial charge on any atom is 0.107 e. The molecule has 1 aromatic carbocycles. The van der Waals surface area contributed by atoms with E-state index in [-0.39, 0.29) is 6.04 Å². The van der Waals surface area contributed by atoms with Gasteiger partial charge in [-0.25, -0.2) is 4.98 Å². The van der Waals surface area contributed by atoms with Gasteiger partial charge in [0.15, 0.2) is 0 Å². The fraction of sp³-hybridized carbons (Fsp3) is 0.231. The molecular formula is C13H16N4. The van der Waals surface area contributed by atoms with E-state index in [0.717, 1.165) is 11.3 Å². The summed E-state index contributed by atoms with van der Waals surface area (Å²) in [7, 11) is 0. The lowest BCUT2D eigenvalue weighted by molar-refractivity contribution is 0.759.